The number of aromatic amines is 1. The Kier molecular flexibility index (Phi) is 6.74. The van der Waals surface area contributed by atoms with Crippen LogP contribution in [0.3, 0.4) is 0 Å². The molecule has 1 aliphatic heterocycles. The largest absolute Gasteiger partial charge is 0.356 e. The molecule has 2 heterocycles. The summed E-state index contributed by atoms with van der Waals surface area (Å²) >= 11 is 0. The molecule has 2 N–H and O–H groups in total. The average Bonchev–Trinajstić information content (AvgIpc) is 3.26. The maximum absolute atomic E-state index is 12.6. The van der Waals surface area contributed by atoms with Crippen molar-refractivity contribution in [2.24, 2.45) is 11.3 Å². The molecule has 5 nitrogen and oxygen atoms in total. The van der Waals surface area contributed by atoms with Crippen molar-refractivity contribution in [1.29, 1.82) is 0 Å². The number of aryl methyl sites for hydroxylation is 1. The van der Waals surface area contributed by atoms with Crippen LogP contribution in [0.4, 0.5) is 0 Å². The van der Waals surface area contributed by atoms with Gasteiger partial charge in [-0.3, -0.25) is 9.69 Å². The van der Waals surface area contributed by atoms with Crippen molar-refractivity contribution < 1.29 is 4.79 Å². The minimum Gasteiger partial charge on any atom is -0.356 e. The summed E-state index contributed by atoms with van der Waals surface area (Å²) in [5.41, 5.74) is 3.08. The van der Waals surface area contributed by atoms with Gasteiger partial charge in [0.1, 0.15) is 5.82 Å². The third-order valence-corrected chi connectivity index (χ3v) is 7.33. The number of aromatic nitrogens is 2. The lowest BCUT2D eigenvalue weighted by atomic mass is 9.90. The fraction of sp³-hybridized carbons (Fsp3) is 0.750. The lowest BCUT2D eigenvalue weighted by Gasteiger charge is -2.32. The number of hydrogen-bond donors (Lipinski definition) is 2. The van der Waals surface area contributed by atoms with Crippen LogP contribution in [0.5, 0.6) is 0 Å². The summed E-state index contributed by atoms with van der Waals surface area (Å²) in [6.07, 6.45) is 17.4. The lowest BCUT2D eigenvalue weighted by Crippen LogP contribution is -2.37. The Morgan fingerprint density at radius 3 is 2.93 bits per heavy atom. The Morgan fingerprint density at radius 2 is 2.17 bits per heavy atom. The van der Waals surface area contributed by atoms with E-state index >= 15 is 0 Å². The molecule has 1 aromatic rings. The van der Waals surface area contributed by atoms with Crippen molar-refractivity contribution in [2.45, 2.75) is 84.1 Å². The highest BCUT2D eigenvalue weighted by molar-refractivity contribution is 5.82. The van der Waals surface area contributed by atoms with E-state index < -0.39 is 0 Å². The van der Waals surface area contributed by atoms with Gasteiger partial charge in [0.15, 0.2) is 0 Å². The number of carbonyl (C=O) groups excluding carboxylic acids is 1. The standard InChI is InChI=1S/C24H38N4O/c1-2-3-9-22-26-17-20(27-22)18-28-14-11-24(12-15-28)16-21(24)23(29)25-13-10-19-7-5-4-6-8-19/h7,17,21H,2-6,8-16,18H2,1H3,(H,25,29)(H,26,27). The van der Waals surface area contributed by atoms with Crippen LogP contribution in [0.25, 0.3) is 0 Å². The fourth-order valence-corrected chi connectivity index (χ4v) is 5.23. The van der Waals surface area contributed by atoms with Gasteiger partial charge >= 0.3 is 0 Å². The molecule has 1 unspecified atom stereocenters. The van der Waals surface area contributed by atoms with Gasteiger partial charge in [-0.2, -0.15) is 0 Å². The molecule has 29 heavy (non-hydrogen) atoms. The highest BCUT2D eigenvalue weighted by Crippen LogP contribution is 2.59. The second-order valence-corrected chi connectivity index (χ2v) is 9.50. The van der Waals surface area contributed by atoms with E-state index in [2.05, 4.69) is 33.2 Å². The number of nitrogens with zero attached hydrogens (tertiary/aromatic N) is 2. The molecule has 1 saturated heterocycles. The molecule has 2 aliphatic carbocycles. The zero-order chi connectivity index (χ0) is 20.1. The second-order valence-electron chi connectivity index (χ2n) is 9.50. The highest BCUT2D eigenvalue weighted by atomic mass is 16.2. The predicted molar refractivity (Wildman–Crippen MR) is 116 cm³/mol. The second kappa shape index (κ2) is 9.46. The maximum atomic E-state index is 12.6. The molecule has 2 fully saturated rings. The number of unbranched alkanes of at least 4 members (excludes halogenated alkanes) is 1. The molecule has 1 aromatic heterocycles. The van der Waals surface area contributed by atoms with Crippen LogP contribution < -0.4 is 5.32 Å². The molecule has 160 valence electrons. The lowest BCUT2D eigenvalue weighted by molar-refractivity contribution is -0.123. The van der Waals surface area contributed by atoms with E-state index in [4.69, 9.17) is 0 Å². The minimum absolute atomic E-state index is 0.262. The van der Waals surface area contributed by atoms with E-state index in [1.165, 1.54) is 44.2 Å². The Balaban J connectivity index is 1.16. The molecule has 4 rings (SSSR count). The molecule has 0 aromatic carbocycles. The normalized spacial score (nSPS) is 23.8. The van der Waals surface area contributed by atoms with E-state index in [0.29, 0.717) is 11.3 Å². The number of allylic oxidation sites excluding steroid dienone is 1. The maximum Gasteiger partial charge on any atom is 0.223 e. The van der Waals surface area contributed by atoms with Gasteiger partial charge in [0.05, 0.1) is 0 Å². The number of H-pyrrole nitrogens is 1. The van der Waals surface area contributed by atoms with Gasteiger partial charge in [0, 0.05) is 37.3 Å². The molecule has 0 radical (unpaired) electrons. The van der Waals surface area contributed by atoms with Crippen LogP contribution in [-0.4, -0.2) is 40.4 Å². The van der Waals surface area contributed by atoms with E-state index in [9.17, 15) is 4.79 Å². The van der Waals surface area contributed by atoms with Crippen molar-refractivity contribution in [1.82, 2.24) is 20.2 Å². The number of amides is 1. The van der Waals surface area contributed by atoms with Gasteiger partial charge in [0.2, 0.25) is 5.91 Å². The number of imidazole rings is 1. The molecular formula is C24H38N4O. The minimum atomic E-state index is 0.262. The first kappa shape index (κ1) is 20.6. The fourth-order valence-electron chi connectivity index (χ4n) is 5.23. The van der Waals surface area contributed by atoms with Gasteiger partial charge in [-0.1, -0.05) is 25.0 Å². The Hall–Kier alpha value is -1.62. The number of likely N-dealkylation sites (tertiary alicyclic amines) is 1. The zero-order valence-corrected chi connectivity index (χ0v) is 18.1. The first-order chi connectivity index (χ1) is 14.2. The van der Waals surface area contributed by atoms with Crippen molar-refractivity contribution in [2.75, 3.05) is 19.6 Å². The summed E-state index contributed by atoms with van der Waals surface area (Å²) in [5, 5.41) is 3.23. The topological polar surface area (TPSA) is 61.0 Å². The van der Waals surface area contributed by atoms with E-state index in [1.807, 2.05) is 6.20 Å². The number of piperidine rings is 1. The molecule has 0 bridgehead atoms. The number of nitrogens with one attached hydrogen (secondary N) is 2. The van der Waals surface area contributed by atoms with Crippen LogP contribution in [0.15, 0.2) is 17.8 Å². The van der Waals surface area contributed by atoms with Gasteiger partial charge in [-0.25, -0.2) is 4.98 Å². The van der Waals surface area contributed by atoms with Crippen LogP contribution in [0.2, 0.25) is 0 Å². The first-order valence-electron chi connectivity index (χ1n) is 11.9. The molecule has 1 spiro atoms. The molecule has 1 saturated carbocycles. The van der Waals surface area contributed by atoms with Crippen LogP contribution in [0.1, 0.15) is 82.7 Å². The molecule has 3 aliphatic rings. The van der Waals surface area contributed by atoms with Gasteiger partial charge in [-0.05, 0) is 76.3 Å². The molecule has 1 amide bonds. The number of carbonyl (C=O) groups is 1. The van der Waals surface area contributed by atoms with Crippen molar-refractivity contribution in [3.8, 4) is 0 Å². The van der Waals surface area contributed by atoms with Crippen LogP contribution in [-0.2, 0) is 17.8 Å². The monoisotopic (exact) mass is 398 g/mol. The third kappa shape index (κ3) is 5.30. The first-order valence-corrected chi connectivity index (χ1v) is 11.9. The SMILES string of the molecule is CCCCc1ncc(CN2CCC3(CC2)CC3C(=O)NCCC2=CCCCC2)[nH]1. The smallest absolute Gasteiger partial charge is 0.223 e. The van der Waals surface area contributed by atoms with Crippen molar-refractivity contribution in [3.63, 3.8) is 0 Å². The molecule has 1 atom stereocenters. The highest BCUT2D eigenvalue weighted by Gasteiger charge is 2.58. The van der Waals surface area contributed by atoms with Gasteiger partial charge in [0.25, 0.3) is 0 Å². The summed E-state index contributed by atoms with van der Waals surface area (Å²) in [6, 6.07) is 0. The average molecular weight is 399 g/mol. The number of hydrogen-bond acceptors (Lipinski definition) is 3. The third-order valence-electron chi connectivity index (χ3n) is 7.33. The Morgan fingerprint density at radius 1 is 1.31 bits per heavy atom. The summed E-state index contributed by atoms with van der Waals surface area (Å²) < 4.78 is 0. The summed E-state index contributed by atoms with van der Waals surface area (Å²) in [5.74, 6) is 1.69. The van der Waals surface area contributed by atoms with E-state index in [1.54, 1.807) is 5.57 Å². The molecular weight excluding hydrogens is 360 g/mol. The van der Waals surface area contributed by atoms with Crippen molar-refractivity contribution in [3.05, 3.63) is 29.4 Å². The van der Waals surface area contributed by atoms with E-state index in [0.717, 1.165) is 64.1 Å². The Bertz CT molecular complexity index is 714. The zero-order valence-electron chi connectivity index (χ0n) is 18.1. The summed E-state index contributed by atoms with van der Waals surface area (Å²) in [4.78, 5) is 23.1. The predicted octanol–water partition coefficient (Wildman–Crippen LogP) is 4.36. The van der Waals surface area contributed by atoms with Crippen LogP contribution >= 0.6 is 0 Å². The summed E-state index contributed by atoms with van der Waals surface area (Å²) in [7, 11) is 0. The Labute approximate surface area is 175 Å². The van der Waals surface area contributed by atoms with Gasteiger partial charge < -0.3 is 10.3 Å². The van der Waals surface area contributed by atoms with Gasteiger partial charge in [-0.15, -0.1) is 0 Å². The summed E-state index contributed by atoms with van der Waals surface area (Å²) in [6.45, 7) is 6.19. The quantitative estimate of drug-likeness (QED) is 0.608. The van der Waals surface area contributed by atoms with E-state index in [-0.39, 0.29) is 5.92 Å². The molecule has 5 heteroatoms. The van der Waals surface area contributed by atoms with Crippen LogP contribution in [0, 0.1) is 11.3 Å². The van der Waals surface area contributed by atoms with Crippen molar-refractivity contribution >= 4 is 5.91 Å². The number of rotatable bonds is 9.